The van der Waals surface area contributed by atoms with Crippen LogP contribution in [0.1, 0.15) is 18.4 Å². The largest absolute Gasteiger partial charge is 0.493 e. The standard InChI is InChI=1S/C18H17NOS/c19-14-18(11-13-21-15-6-2-1-3-7-15)10-12-20-17-9-5-4-8-16(17)18/h1-9H,10-13H2. The number of rotatable bonds is 4. The van der Waals surface area contributed by atoms with Crippen LogP contribution in [0.3, 0.4) is 0 Å². The molecule has 0 saturated heterocycles. The second-order valence-corrected chi connectivity index (χ2v) is 6.37. The van der Waals surface area contributed by atoms with Crippen molar-refractivity contribution in [2.75, 3.05) is 12.4 Å². The predicted octanol–water partition coefficient (Wildman–Crippen LogP) is 4.41. The van der Waals surface area contributed by atoms with E-state index >= 15 is 0 Å². The maximum absolute atomic E-state index is 9.77. The lowest BCUT2D eigenvalue weighted by molar-refractivity contribution is 0.239. The summed E-state index contributed by atoms with van der Waals surface area (Å²) in [7, 11) is 0. The Morgan fingerprint density at radius 1 is 1.10 bits per heavy atom. The monoisotopic (exact) mass is 295 g/mol. The van der Waals surface area contributed by atoms with Gasteiger partial charge in [0.25, 0.3) is 0 Å². The van der Waals surface area contributed by atoms with Gasteiger partial charge in [-0.25, -0.2) is 0 Å². The molecule has 2 aromatic rings. The first-order valence-electron chi connectivity index (χ1n) is 7.15. The number of thioether (sulfide) groups is 1. The van der Waals surface area contributed by atoms with E-state index in [-0.39, 0.29) is 0 Å². The van der Waals surface area contributed by atoms with E-state index in [1.807, 2.05) is 54.2 Å². The third-order valence-corrected chi connectivity index (χ3v) is 4.96. The normalized spacial score (nSPS) is 20.1. The first kappa shape index (κ1) is 14.0. The van der Waals surface area contributed by atoms with E-state index in [9.17, 15) is 5.26 Å². The van der Waals surface area contributed by atoms with Crippen molar-refractivity contribution in [3.8, 4) is 11.8 Å². The number of nitriles is 1. The van der Waals surface area contributed by atoms with Gasteiger partial charge in [0.05, 0.1) is 18.1 Å². The molecule has 2 nitrogen and oxygen atoms in total. The molecule has 1 unspecified atom stereocenters. The zero-order chi connectivity index (χ0) is 14.5. The lowest BCUT2D eigenvalue weighted by atomic mass is 9.75. The van der Waals surface area contributed by atoms with Crippen LogP contribution in [0.4, 0.5) is 0 Å². The molecule has 0 aromatic heterocycles. The molecule has 0 N–H and O–H groups in total. The van der Waals surface area contributed by atoms with Gasteiger partial charge in [-0.3, -0.25) is 0 Å². The zero-order valence-corrected chi connectivity index (χ0v) is 12.6. The topological polar surface area (TPSA) is 33.0 Å². The second-order valence-electron chi connectivity index (χ2n) is 5.20. The highest BCUT2D eigenvalue weighted by atomic mass is 32.2. The quantitative estimate of drug-likeness (QED) is 0.783. The fraction of sp³-hybridized carbons (Fsp3) is 0.278. The van der Waals surface area contributed by atoms with Crippen molar-refractivity contribution in [1.82, 2.24) is 0 Å². The third-order valence-electron chi connectivity index (χ3n) is 3.94. The van der Waals surface area contributed by atoms with E-state index in [1.165, 1.54) is 4.90 Å². The van der Waals surface area contributed by atoms with E-state index in [4.69, 9.17) is 4.74 Å². The minimum atomic E-state index is -0.406. The number of benzene rings is 2. The van der Waals surface area contributed by atoms with Gasteiger partial charge >= 0.3 is 0 Å². The molecule has 3 rings (SSSR count). The van der Waals surface area contributed by atoms with Gasteiger partial charge in [0.15, 0.2) is 0 Å². The Kier molecular flexibility index (Phi) is 4.17. The Morgan fingerprint density at radius 3 is 2.67 bits per heavy atom. The van der Waals surface area contributed by atoms with Crippen molar-refractivity contribution in [2.24, 2.45) is 0 Å². The molecule has 0 saturated carbocycles. The molecular weight excluding hydrogens is 278 g/mol. The number of para-hydroxylation sites is 1. The van der Waals surface area contributed by atoms with Crippen LogP contribution in [0.15, 0.2) is 59.5 Å². The van der Waals surface area contributed by atoms with Crippen molar-refractivity contribution in [3.05, 3.63) is 60.2 Å². The minimum absolute atomic E-state index is 0.406. The van der Waals surface area contributed by atoms with Gasteiger partial charge in [-0.2, -0.15) is 5.26 Å². The maximum atomic E-state index is 9.77. The van der Waals surface area contributed by atoms with Gasteiger partial charge in [0.2, 0.25) is 0 Å². The predicted molar refractivity (Wildman–Crippen MR) is 85.6 cm³/mol. The fourth-order valence-corrected chi connectivity index (χ4v) is 3.79. The Hall–Kier alpha value is -1.92. The summed E-state index contributed by atoms with van der Waals surface area (Å²) in [4.78, 5) is 1.26. The lowest BCUT2D eigenvalue weighted by Gasteiger charge is -2.33. The number of nitrogens with zero attached hydrogens (tertiary/aromatic N) is 1. The smallest absolute Gasteiger partial charge is 0.124 e. The van der Waals surface area contributed by atoms with Crippen molar-refractivity contribution >= 4 is 11.8 Å². The summed E-state index contributed by atoms with van der Waals surface area (Å²) in [6.07, 6.45) is 1.62. The maximum Gasteiger partial charge on any atom is 0.124 e. The van der Waals surface area contributed by atoms with Gasteiger partial charge < -0.3 is 4.74 Å². The van der Waals surface area contributed by atoms with Crippen molar-refractivity contribution in [3.63, 3.8) is 0 Å². The van der Waals surface area contributed by atoms with Crippen LogP contribution in [0.5, 0.6) is 5.75 Å². The SMILES string of the molecule is N#CC1(CCSc2ccccc2)CCOc2ccccc21. The molecule has 0 aliphatic carbocycles. The van der Waals surface area contributed by atoms with Crippen LogP contribution in [0, 0.1) is 11.3 Å². The summed E-state index contributed by atoms with van der Waals surface area (Å²) < 4.78 is 5.69. The molecule has 0 bridgehead atoms. The molecule has 1 atom stereocenters. The van der Waals surface area contributed by atoms with Crippen LogP contribution < -0.4 is 4.74 Å². The number of fused-ring (bicyclic) bond motifs is 1. The summed E-state index contributed by atoms with van der Waals surface area (Å²) in [5.41, 5.74) is 0.642. The number of ether oxygens (including phenoxy) is 1. The van der Waals surface area contributed by atoms with E-state index in [1.54, 1.807) is 0 Å². The highest BCUT2D eigenvalue weighted by Crippen LogP contribution is 2.41. The summed E-state index contributed by atoms with van der Waals surface area (Å²) in [5, 5.41) is 9.77. The number of hydrogen-bond donors (Lipinski definition) is 0. The first-order valence-corrected chi connectivity index (χ1v) is 8.14. The highest BCUT2D eigenvalue weighted by Gasteiger charge is 2.37. The molecule has 2 aromatic carbocycles. The van der Waals surface area contributed by atoms with Crippen LogP contribution in [-0.4, -0.2) is 12.4 Å². The van der Waals surface area contributed by atoms with E-state index in [0.29, 0.717) is 6.61 Å². The van der Waals surface area contributed by atoms with Crippen LogP contribution >= 0.6 is 11.8 Å². The summed E-state index contributed by atoms with van der Waals surface area (Å²) in [6.45, 7) is 0.626. The third kappa shape index (κ3) is 2.91. The lowest BCUT2D eigenvalue weighted by Crippen LogP contribution is -2.32. The molecule has 0 amide bonds. The Bertz CT molecular complexity index is 650. The van der Waals surface area contributed by atoms with E-state index in [2.05, 4.69) is 18.2 Å². The molecule has 1 aliphatic rings. The van der Waals surface area contributed by atoms with Gasteiger partial charge in [-0.05, 0) is 30.4 Å². The first-order chi connectivity index (χ1) is 10.3. The average Bonchev–Trinajstić information content (AvgIpc) is 2.56. The Labute approximate surface area is 129 Å². The van der Waals surface area contributed by atoms with Gasteiger partial charge in [-0.1, -0.05) is 36.4 Å². The van der Waals surface area contributed by atoms with Gasteiger partial charge in [-0.15, -0.1) is 11.8 Å². The molecule has 21 heavy (non-hydrogen) atoms. The van der Waals surface area contributed by atoms with Crippen molar-refractivity contribution in [2.45, 2.75) is 23.2 Å². The molecule has 0 fully saturated rings. The highest BCUT2D eigenvalue weighted by molar-refractivity contribution is 7.99. The van der Waals surface area contributed by atoms with E-state index < -0.39 is 5.41 Å². The second kappa shape index (κ2) is 6.24. The molecule has 0 spiro atoms. The molecule has 106 valence electrons. The zero-order valence-electron chi connectivity index (χ0n) is 11.8. The van der Waals surface area contributed by atoms with E-state index in [0.717, 1.165) is 29.9 Å². The summed E-state index contributed by atoms with van der Waals surface area (Å²) in [6, 6.07) is 20.9. The summed E-state index contributed by atoms with van der Waals surface area (Å²) >= 11 is 1.81. The molecule has 3 heteroatoms. The number of hydrogen-bond acceptors (Lipinski definition) is 3. The molecule has 1 aliphatic heterocycles. The Balaban J connectivity index is 1.75. The molecular formula is C18H17NOS. The van der Waals surface area contributed by atoms with Crippen molar-refractivity contribution in [1.29, 1.82) is 5.26 Å². The Morgan fingerprint density at radius 2 is 1.86 bits per heavy atom. The van der Waals surface area contributed by atoms with Gasteiger partial charge in [0, 0.05) is 16.9 Å². The minimum Gasteiger partial charge on any atom is -0.493 e. The van der Waals surface area contributed by atoms with Crippen LogP contribution in [0.2, 0.25) is 0 Å². The molecule has 0 radical (unpaired) electrons. The van der Waals surface area contributed by atoms with Crippen molar-refractivity contribution < 1.29 is 4.74 Å². The van der Waals surface area contributed by atoms with Crippen LogP contribution in [0.25, 0.3) is 0 Å². The fourth-order valence-electron chi connectivity index (χ4n) is 2.75. The van der Waals surface area contributed by atoms with Gasteiger partial charge in [0.1, 0.15) is 5.75 Å². The molecule has 1 heterocycles. The summed E-state index contributed by atoms with van der Waals surface area (Å²) in [5.74, 6) is 1.81. The average molecular weight is 295 g/mol. The van der Waals surface area contributed by atoms with Crippen LogP contribution in [-0.2, 0) is 5.41 Å².